The minimum absolute atomic E-state index is 0. The van der Waals surface area contributed by atoms with Crippen molar-refractivity contribution < 1.29 is 0 Å². The zero-order chi connectivity index (χ0) is 19.8. The van der Waals surface area contributed by atoms with Crippen molar-refractivity contribution in [2.75, 3.05) is 59.4 Å². The van der Waals surface area contributed by atoms with Crippen LogP contribution < -0.4 is 10.6 Å². The highest BCUT2D eigenvalue weighted by molar-refractivity contribution is 14.0. The summed E-state index contributed by atoms with van der Waals surface area (Å²) in [6.07, 6.45) is 3.09. The van der Waals surface area contributed by atoms with E-state index in [4.69, 9.17) is 0 Å². The van der Waals surface area contributed by atoms with Crippen molar-refractivity contribution in [2.45, 2.75) is 20.3 Å². The molecule has 0 bridgehead atoms. The maximum Gasteiger partial charge on any atom is 0.190 e. The van der Waals surface area contributed by atoms with Gasteiger partial charge in [0.25, 0.3) is 0 Å². The normalized spacial score (nSPS) is 17.1. The maximum absolute atomic E-state index is 4.38. The van der Waals surface area contributed by atoms with E-state index in [9.17, 15) is 0 Å². The average Bonchev–Trinajstić information content (AvgIpc) is 3.14. The topological polar surface area (TPSA) is 58.7 Å². The summed E-state index contributed by atoms with van der Waals surface area (Å²) in [6.45, 7) is 13.5. The molecule has 6 nitrogen and oxygen atoms in total. The monoisotopic (exact) mass is 512 g/mol. The van der Waals surface area contributed by atoms with Gasteiger partial charge < -0.3 is 25.4 Å². The first kappa shape index (κ1) is 24.0. The summed E-state index contributed by atoms with van der Waals surface area (Å²) in [5.41, 5.74) is 2.55. The molecule has 2 aromatic rings. The number of halogens is 1. The molecule has 0 amide bonds. The predicted octanol–water partition coefficient (Wildman–Crippen LogP) is 2.77. The fourth-order valence-electron chi connectivity index (χ4n) is 3.94. The number of aromatic amines is 1. The van der Waals surface area contributed by atoms with E-state index in [-0.39, 0.29) is 24.0 Å². The molecule has 1 fully saturated rings. The van der Waals surface area contributed by atoms with Crippen LogP contribution in [0.4, 0.5) is 0 Å². The van der Waals surface area contributed by atoms with E-state index in [1.807, 2.05) is 7.05 Å². The van der Waals surface area contributed by atoms with Gasteiger partial charge in [-0.05, 0) is 30.5 Å². The van der Waals surface area contributed by atoms with Crippen LogP contribution in [0.2, 0.25) is 0 Å². The third-order valence-electron chi connectivity index (χ3n) is 5.69. The van der Waals surface area contributed by atoms with Gasteiger partial charge in [0.2, 0.25) is 0 Å². The minimum Gasteiger partial charge on any atom is -0.361 e. The molecule has 29 heavy (non-hydrogen) atoms. The molecule has 0 saturated carbocycles. The average molecular weight is 512 g/mol. The van der Waals surface area contributed by atoms with E-state index in [2.05, 4.69) is 74.7 Å². The van der Waals surface area contributed by atoms with Crippen molar-refractivity contribution in [3.63, 3.8) is 0 Å². The van der Waals surface area contributed by atoms with Crippen molar-refractivity contribution in [3.8, 4) is 0 Å². The van der Waals surface area contributed by atoms with Gasteiger partial charge in [-0.2, -0.15) is 0 Å². The van der Waals surface area contributed by atoms with Gasteiger partial charge >= 0.3 is 0 Å². The zero-order valence-electron chi connectivity index (χ0n) is 18.1. The number of hydrogen-bond acceptors (Lipinski definition) is 3. The lowest BCUT2D eigenvalue weighted by molar-refractivity contribution is 0.124. The van der Waals surface area contributed by atoms with Gasteiger partial charge in [-0.25, -0.2) is 0 Å². The van der Waals surface area contributed by atoms with Gasteiger partial charge in [-0.15, -0.1) is 24.0 Å². The minimum atomic E-state index is 0. The van der Waals surface area contributed by atoms with E-state index in [0.717, 1.165) is 32.0 Å². The summed E-state index contributed by atoms with van der Waals surface area (Å²) in [5.74, 6) is 1.49. The fourth-order valence-corrected chi connectivity index (χ4v) is 3.94. The number of fused-ring (bicyclic) bond motifs is 1. The molecule has 7 heteroatoms. The molecule has 1 aromatic carbocycles. The van der Waals surface area contributed by atoms with Crippen LogP contribution in [0.3, 0.4) is 0 Å². The van der Waals surface area contributed by atoms with E-state index < -0.39 is 0 Å². The highest BCUT2D eigenvalue weighted by Gasteiger charge is 2.17. The molecular formula is C22H37IN6. The number of nitrogens with one attached hydrogen (secondary N) is 3. The summed E-state index contributed by atoms with van der Waals surface area (Å²) in [4.78, 5) is 12.8. The number of likely N-dealkylation sites (N-methyl/N-ethyl adjacent to an activating group) is 1. The van der Waals surface area contributed by atoms with Crippen LogP contribution in [0.1, 0.15) is 19.4 Å². The second-order valence-electron chi connectivity index (χ2n) is 7.83. The van der Waals surface area contributed by atoms with Crippen LogP contribution in [-0.2, 0) is 6.42 Å². The first-order valence-electron chi connectivity index (χ1n) is 10.6. The van der Waals surface area contributed by atoms with Crippen LogP contribution in [0.25, 0.3) is 10.9 Å². The number of para-hydroxylation sites is 1. The lowest BCUT2D eigenvalue weighted by atomic mass is 10.1. The van der Waals surface area contributed by atoms with E-state index in [1.165, 1.54) is 49.2 Å². The SMILES string of the molecule is CCN1CCN(CC(C)CNC(=NC)NCCc2c[nH]c3ccccc23)CC1.I. The molecule has 0 aliphatic carbocycles. The third-order valence-corrected chi connectivity index (χ3v) is 5.69. The maximum atomic E-state index is 4.38. The van der Waals surface area contributed by atoms with Gasteiger partial charge in [0.05, 0.1) is 0 Å². The smallest absolute Gasteiger partial charge is 0.190 e. The number of rotatable bonds is 8. The quantitative estimate of drug-likeness (QED) is 0.289. The van der Waals surface area contributed by atoms with Crippen LogP contribution in [0.15, 0.2) is 35.5 Å². The Morgan fingerprint density at radius 1 is 1.14 bits per heavy atom. The van der Waals surface area contributed by atoms with E-state index in [0.29, 0.717) is 5.92 Å². The predicted molar refractivity (Wildman–Crippen MR) is 135 cm³/mol. The molecule has 1 aliphatic rings. The third kappa shape index (κ3) is 7.15. The summed E-state index contributed by atoms with van der Waals surface area (Å²) in [7, 11) is 1.84. The van der Waals surface area contributed by atoms with Crippen LogP contribution >= 0.6 is 24.0 Å². The summed E-state index contributed by atoms with van der Waals surface area (Å²) in [6, 6.07) is 8.46. The molecule has 2 heterocycles. The van der Waals surface area contributed by atoms with Crippen LogP contribution in [0.5, 0.6) is 0 Å². The van der Waals surface area contributed by atoms with Gasteiger partial charge in [0.15, 0.2) is 5.96 Å². The Morgan fingerprint density at radius 3 is 2.59 bits per heavy atom. The lowest BCUT2D eigenvalue weighted by Gasteiger charge is -2.35. The van der Waals surface area contributed by atoms with Gasteiger partial charge in [0, 0.05) is 70.0 Å². The first-order chi connectivity index (χ1) is 13.7. The van der Waals surface area contributed by atoms with Crippen LogP contribution in [-0.4, -0.2) is 80.1 Å². The fraction of sp³-hybridized carbons (Fsp3) is 0.591. The largest absolute Gasteiger partial charge is 0.361 e. The highest BCUT2D eigenvalue weighted by Crippen LogP contribution is 2.17. The highest BCUT2D eigenvalue weighted by atomic mass is 127. The number of aromatic nitrogens is 1. The van der Waals surface area contributed by atoms with Gasteiger partial charge in [0.1, 0.15) is 0 Å². The van der Waals surface area contributed by atoms with Crippen molar-refractivity contribution >= 4 is 40.8 Å². The number of guanidine groups is 1. The van der Waals surface area contributed by atoms with E-state index in [1.54, 1.807) is 0 Å². The number of benzene rings is 1. The van der Waals surface area contributed by atoms with E-state index >= 15 is 0 Å². The number of hydrogen-bond donors (Lipinski definition) is 3. The Morgan fingerprint density at radius 2 is 1.86 bits per heavy atom. The molecule has 1 aromatic heterocycles. The van der Waals surface area contributed by atoms with Crippen molar-refractivity contribution in [3.05, 3.63) is 36.0 Å². The summed E-state index contributed by atoms with van der Waals surface area (Å²) in [5, 5.41) is 8.25. The first-order valence-corrected chi connectivity index (χ1v) is 10.6. The number of piperazine rings is 1. The second-order valence-corrected chi connectivity index (χ2v) is 7.83. The Kier molecular flexibility index (Phi) is 10.2. The number of nitrogens with zero attached hydrogens (tertiary/aromatic N) is 3. The Hall–Kier alpha value is -1.32. The molecule has 0 radical (unpaired) electrons. The molecule has 1 atom stereocenters. The molecule has 3 rings (SSSR count). The lowest BCUT2D eigenvalue weighted by Crippen LogP contribution is -2.48. The van der Waals surface area contributed by atoms with Gasteiger partial charge in [-0.1, -0.05) is 32.0 Å². The Bertz CT molecular complexity index is 751. The van der Waals surface area contributed by atoms with Crippen LogP contribution in [0, 0.1) is 5.92 Å². The standard InChI is InChI=1S/C22H36N6.HI/c1-4-27-11-13-28(14-12-27)17-18(2)15-26-22(23-3)24-10-9-19-16-25-21-8-6-5-7-20(19)21;/h5-8,16,18,25H,4,9-15,17H2,1-3H3,(H2,23,24,26);1H. The number of aliphatic imine (C=N–C) groups is 1. The number of H-pyrrole nitrogens is 1. The second kappa shape index (κ2) is 12.4. The van der Waals surface area contributed by atoms with Crippen molar-refractivity contribution in [1.29, 1.82) is 0 Å². The Labute approximate surface area is 192 Å². The van der Waals surface area contributed by atoms with Crippen molar-refractivity contribution in [2.24, 2.45) is 10.9 Å². The molecule has 1 aliphatic heterocycles. The molecule has 162 valence electrons. The summed E-state index contributed by atoms with van der Waals surface area (Å²) < 4.78 is 0. The molecular weight excluding hydrogens is 475 g/mol. The van der Waals surface area contributed by atoms with Crippen molar-refractivity contribution in [1.82, 2.24) is 25.4 Å². The summed E-state index contributed by atoms with van der Waals surface area (Å²) >= 11 is 0. The molecule has 3 N–H and O–H groups in total. The molecule has 1 saturated heterocycles. The zero-order valence-corrected chi connectivity index (χ0v) is 20.4. The molecule has 0 spiro atoms. The van der Waals surface area contributed by atoms with Gasteiger partial charge in [-0.3, -0.25) is 4.99 Å². The Balaban J connectivity index is 0.00000300. The molecule has 1 unspecified atom stereocenters.